The summed E-state index contributed by atoms with van der Waals surface area (Å²) in [5.41, 5.74) is 3.58. The fraction of sp³-hybridized carbons (Fsp3) is 0.188. The molecule has 0 atom stereocenters. The number of aromatic nitrogens is 2. The van der Waals surface area contributed by atoms with Gasteiger partial charge in [0.05, 0.1) is 24.4 Å². The zero-order valence-electron chi connectivity index (χ0n) is 11.2. The maximum atomic E-state index is 4.62. The van der Waals surface area contributed by atoms with Crippen LogP contribution >= 0.6 is 0 Å². The van der Waals surface area contributed by atoms with E-state index < -0.39 is 0 Å². The molecule has 0 unspecified atom stereocenters. The van der Waals surface area contributed by atoms with Gasteiger partial charge in [0.15, 0.2) is 0 Å². The molecule has 3 aromatic rings. The number of fused-ring (bicyclic) bond motifs is 3. The molecular weight excluding hydrogens is 248 g/mol. The Morgan fingerprint density at radius 1 is 1.00 bits per heavy atom. The van der Waals surface area contributed by atoms with Gasteiger partial charge in [-0.05, 0) is 17.7 Å². The summed E-state index contributed by atoms with van der Waals surface area (Å²) < 4.78 is 2.24. The van der Waals surface area contributed by atoms with Crippen LogP contribution < -0.4 is 5.32 Å². The van der Waals surface area contributed by atoms with Crippen LogP contribution in [0.3, 0.4) is 0 Å². The van der Waals surface area contributed by atoms with E-state index in [1.165, 1.54) is 11.1 Å². The first-order chi connectivity index (χ1) is 9.90. The Morgan fingerprint density at radius 2 is 1.80 bits per heavy atom. The van der Waals surface area contributed by atoms with Gasteiger partial charge in [0, 0.05) is 6.54 Å². The third kappa shape index (κ3) is 1.94. The van der Waals surface area contributed by atoms with Crippen molar-refractivity contribution in [1.29, 1.82) is 0 Å². The fourth-order valence-electron chi connectivity index (χ4n) is 2.73. The molecule has 4 heteroatoms. The minimum Gasteiger partial charge on any atom is -0.343 e. The molecule has 20 heavy (non-hydrogen) atoms. The smallest absolute Gasteiger partial charge is 0.206 e. The van der Waals surface area contributed by atoms with Gasteiger partial charge in [-0.25, -0.2) is 4.98 Å². The number of anilines is 1. The van der Waals surface area contributed by atoms with Crippen LogP contribution in [0.4, 0.5) is 5.95 Å². The Kier molecular flexibility index (Phi) is 2.67. The van der Waals surface area contributed by atoms with E-state index in [1.54, 1.807) is 0 Å². The highest BCUT2D eigenvalue weighted by atomic mass is 15.4. The summed E-state index contributed by atoms with van der Waals surface area (Å²) in [6.07, 6.45) is 0. The van der Waals surface area contributed by atoms with Crippen molar-refractivity contribution in [3.8, 4) is 0 Å². The van der Waals surface area contributed by atoms with Crippen molar-refractivity contribution in [3.05, 3.63) is 60.2 Å². The average Bonchev–Trinajstić information content (AvgIpc) is 2.86. The third-order valence-electron chi connectivity index (χ3n) is 3.71. The van der Waals surface area contributed by atoms with Gasteiger partial charge in [0.25, 0.3) is 0 Å². The van der Waals surface area contributed by atoms with Crippen LogP contribution in [-0.2, 0) is 13.2 Å². The number of nitrogens with one attached hydrogen (secondary N) is 1. The molecule has 1 aromatic heterocycles. The second-order valence-corrected chi connectivity index (χ2v) is 5.14. The van der Waals surface area contributed by atoms with E-state index in [0.717, 1.165) is 31.3 Å². The minimum atomic E-state index is 0.832. The Balaban J connectivity index is 1.63. The van der Waals surface area contributed by atoms with Gasteiger partial charge in [-0.15, -0.1) is 0 Å². The first-order valence-electron chi connectivity index (χ1n) is 6.85. The number of imidazole rings is 1. The number of para-hydroxylation sites is 2. The van der Waals surface area contributed by atoms with Gasteiger partial charge < -0.3 is 5.32 Å². The molecule has 1 N–H and O–H groups in total. The highest BCUT2D eigenvalue weighted by Crippen LogP contribution is 2.23. The average molecular weight is 264 g/mol. The van der Waals surface area contributed by atoms with Crippen molar-refractivity contribution in [1.82, 2.24) is 14.5 Å². The van der Waals surface area contributed by atoms with Gasteiger partial charge in [-0.3, -0.25) is 9.47 Å². The molecule has 0 radical (unpaired) electrons. The molecule has 0 amide bonds. The lowest BCUT2D eigenvalue weighted by atomic mass is 10.2. The van der Waals surface area contributed by atoms with Crippen LogP contribution in [0.15, 0.2) is 54.6 Å². The molecular formula is C16H16N4. The van der Waals surface area contributed by atoms with Crippen LogP contribution in [0.5, 0.6) is 0 Å². The maximum absolute atomic E-state index is 4.62. The summed E-state index contributed by atoms with van der Waals surface area (Å²) in [6, 6.07) is 18.8. The second-order valence-electron chi connectivity index (χ2n) is 5.14. The third-order valence-corrected chi connectivity index (χ3v) is 3.71. The van der Waals surface area contributed by atoms with E-state index in [4.69, 9.17) is 0 Å². The fourth-order valence-corrected chi connectivity index (χ4v) is 2.73. The van der Waals surface area contributed by atoms with E-state index in [1.807, 2.05) is 6.07 Å². The van der Waals surface area contributed by atoms with Crippen LogP contribution in [0.1, 0.15) is 5.56 Å². The van der Waals surface area contributed by atoms with Crippen molar-refractivity contribution >= 4 is 17.0 Å². The highest BCUT2D eigenvalue weighted by molar-refractivity contribution is 5.78. The van der Waals surface area contributed by atoms with Gasteiger partial charge in [-0.2, -0.15) is 0 Å². The van der Waals surface area contributed by atoms with Crippen molar-refractivity contribution in [2.45, 2.75) is 13.2 Å². The summed E-state index contributed by atoms with van der Waals surface area (Å²) in [5, 5.41) is 3.40. The molecule has 0 saturated heterocycles. The quantitative estimate of drug-likeness (QED) is 0.772. The topological polar surface area (TPSA) is 33.1 Å². The van der Waals surface area contributed by atoms with Crippen LogP contribution in [0.25, 0.3) is 11.0 Å². The predicted octanol–water partition coefficient (Wildman–Crippen LogP) is 2.88. The summed E-state index contributed by atoms with van der Waals surface area (Å²) in [7, 11) is 0. The number of benzene rings is 2. The van der Waals surface area contributed by atoms with Crippen molar-refractivity contribution in [2.24, 2.45) is 0 Å². The Morgan fingerprint density at radius 3 is 2.70 bits per heavy atom. The summed E-state index contributed by atoms with van der Waals surface area (Å²) in [4.78, 5) is 6.99. The summed E-state index contributed by atoms with van der Waals surface area (Å²) in [6.45, 7) is 2.65. The van der Waals surface area contributed by atoms with Gasteiger partial charge in [-0.1, -0.05) is 42.5 Å². The zero-order valence-corrected chi connectivity index (χ0v) is 11.2. The lowest BCUT2D eigenvalue weighted by Gasteiger charge is -2.29. The number of nitrogens with zero attached hydrogens (tertiary/aromatic N) is 3. The maximum Gasteiger partial charge on any atom is 0.206 e. The SMILES string of the molecule is c1ccc(CN2CNc3nc4ccccc4n3C2)cc1. The molecule has 0 aliphatic carbocycles. The van der Waals surface area contributed by atoms with Crippen molar-refractivity contribution in [2.75, 3.05) is 12.0 Å². The van der Waals surface area contributed by atoms with Crippen molar-refractivity contribution < 1.29 is 0 Å². The van der Waals surface area contributed by atoms with Gasteiger partial charge >= 0.3 is 0 Å². The molecule has 0 saturated carbocycles. The highest BCUT2D eigenvalue weighted by Gasteiger charge is 2.18. The van der Waals surface area contributed by atoms with Gasteiger partial charge in [0.1, 0.15) is 0 Å². The second kappa shape index (κ2) is 4.65. The van der Waals surface area contributed by atoms with E-state index in [-0.39, 0.29) is 0 Å². The Hall–Kier alpha value is -2.33. The number of hydrogen-bond acceptors (Lipinski definition) is 3. The molecule has 0 bridgehead atoms. The van der Waals surface area contributed by atoms with E-state index in [2.05, 4.69) is 68.3 Å². The molecule has 0 spiro atoms. The molecule has 2 aromatic carbocycles. The van der Waals surface area contributed by atoms with E-state index in [0.29, 0.717) is 0 Å². The van der Waals surface area contributed by atoms with E-state index >= 15 is 0 Å². The van der Waals surface area contributed by atoms with Crippen LogP contribution in [0.2, 0.25) is 0 Å². The van der Waals surface area contributed by atoms with Crippen LogP contribution in [0, 0.1) is 0 Å². The molecule has 4 nitrogen and oxygen atoms in total. The minimum absolute atomic E-state index is 0.832. The normalized spacial score (nSPS) is 15.0. The zero-order chi connectivity index (χ0) is 13.4. The molecule has 1 aliphatic heterocycles. The number of hydrogen-bond donors (Lipinski definition) is 1. The van der Waals surface area contributed by atoms with Crippen molar-refractivity contribution in [3.63, 3.8) is 0 Å². The standard InChI is InChI=1S/C16H16N4/c1-2-6-13(7-3-1)10-19-11-17-16-18-14-8-4-5-9-15(14)20(16)12-19/h1-9H,10-12H2,(H,17,18). The molecule has 1 aliphatic rings. The Bertz CT molecular complexity index is 733. The van der Waals surface area contributed by atoms with Crippen LogP contribution in [-0.4, -0.2) is 21.1 Å². The number of rotatable bonds is 2. The summed E-state index contributed by atoms with van der Waals surface area (Å²) >= 11 is 0. The predicted molar refractivity (Wildman–Crippen MR) is 80.2 cm³/mol. The molecule has 0 fully saturated rings. The van der Waals surface area contributed by atoms with E-state index in [9.17, 15) is 0 Å². The first-order valence-corrected chi connectivity index (χ1v) is 6.85. The summed E-state index contributed by atoms with van der Waals surface area (Å²) in [5.74, 6) is 0.968. The largest absolute Gasteiger partial charge is 0.343 e. The Labute approximate surface area is 117 Å². The monoisotopic (exact) mass is 264 g/mol. The molecule has 100 valence electrons. The lowest BCUT2D eigenvalue weighted by Crippen LogP contribution is -2.36. The lowest BCUT2D eigenvalue weighted by molar-refractivity contribution is 0.213. The molecule has 4 rings (SSSR count). The first kappa shape index (κ1) is 11.5. The van der Waals surface area contributed by atoms with Gasteiger partial charge in [0.2, 0.25) is 5.95 Å². The molecule has 2 heterocycles.